The maximum atomic E-state index is 11.7. The van der Waals surface area contributed by atoms with Gasteiger partial charge in [0.25, 0.3) is 0 Å². The zero-order chi connectivity index (χ0) is 35.0. The maximum absolute atomic E-state index is 11.7. The molecule has 0 aliphatic heterocycles. The Hall–Kier alpha value is -5.67. The van der Waals surface area contributed by atoms with Gasteiger partial charge in [0.1, 0.15) is 11.9 Å². The molecule has 0 saturated heterocycles. The van der Waals surface area contributed by atoms with Crippen LogP contribution >= 0.6 is 0 Å². The van der Waals surface area contributed by atoms with Gasteiger partial charge in [-0.15, -0.1) is 0 Å². The van der Waals surface area contributed by atoms with Gasteiger partial charge in [0.2, 0.25) is 0 Å². The summed E-state index contributed by atoms with van der Waals surface area (Å²) < 4.78 is 5.66. The van der Waals surface area contributed by atoms with Gasteiger partial charge in [-0.25, -0.2) is 0 Å². The lowest BCUT2D eigenvalue weighted by molar-refractivity contribution is 0.112. The Kier molecular flexibility index (Phi) is 8.53. The summed E-state index contributed by atoms with van der Waals surface area (Å²) in [6, 6.07) is 49.6. The molecule has 0 aliphatic rings. The first-order valence-electron chi connectivity index (χ1n) is 17.3. The molecule has 6 aromatic carbocycles. The van der Waals surface area contributed by atoms with Crippen LogP contribution < -0.4 is 4.90 Å². The molecule has 0 atom stereocenters. The summed E-state index contributed by atoms with van der Waals surface area (Å²) >= 11 is 0. The second kappa shape index (κ2) is 13.0. The molecular weight excluding hydrogens is 611 g/mol. The minimum Gasteiger partial charge on any atom is -0.464 e. The average molecular weight is 654 g/mol. The molecule has 0 bridgehead atoms. The van der Waals surface area contributed by atoms with Crippen LogP contribution in [0.25, 0.3) is 44.3 Å². The van der Waals surface area contributed by atoms with Crippen LogP contribution in [-0.4, -0.2) is 6.29 Å². The lowest BCUT2D eigenvalue weighted by atomic mass is 9.86. The number of rotatable bonds is 7. The van der Waals surface area contributed by atoms with Gasteiger partial charge in [-0.3, -0.25) is 4.79 Å². The number of carbonyl (C=O) groups excluding carboxylic acids is 1. The van der Waals surface area contributed by atoms with E-state index < -0.39 is 0 Å². The molecule has 0 spiro atoms. The fourth-order valence-electron chi connectivity index (χ4n) is 6.57. The number of aldehydes is 1. The Morgan fingerprint density at radius 2 is 0.860 bits per heavy atom. The van der Waals surface area contributed by atoms with Crippen molar-refractivity contribution < 1.29 is 9.21 Å². The average Bonchev–Trinajstić information content (AvgIpc) is 3.61. The van der Waals surface area contributed by atoms with E-state index in [1.165, 1.54) is 33.4 Å². The van der Waals surface area contributed by atoms with Gasteiger partial charge in [0.05, 0.1) is 6.26 Å². The molecule has 0 saturated carbocycles. The van der Waals surface area contributed by atoms with Gasteiger partial charge in [0.15, 0.2) is 0 Å². The van der Waals surface area contributed by atoms with Crippen molar-refractivity contribution in [1.29, 1.82) is 0 Å². The van der Waals surface area contributed by atoms with E-state index in [2.05, 4.69) is 168 Å². The van der Waals surface area contributed by atoms with E-state index in [1.54, 1.807) is 12.3 Å². The van der Waals surface area contributed by atoms with E-state index >= 15 is 0 Å². The van der Waals surface area contributed by atoms with E-state index in [-0.39, 0.29) is 10.8 Å². The van der Waals surface area contributed by atoms with Crippen LogP contribution in [0.2, 0.25) is 0 Å². The summed E-state index contributed by atoms with van der Waals surface area (Å²) in [6.07, 6.45) is 2.54. The highest BCUT2D eigenvalue weighted by Gasteiger charge is 2.17. The summed E-state index contributed by atoms with van der Waals surface area (Å²) in [5, 5.41) is 0.984. The van der Waals surface area contributed by atoms with Gasteiger partial charge in [0, 0.05) is 28.0 Å². The zero-order valence-electron chi connectivity index (χ0n) is 29.7. The molecule has 0 aliphatic carbocycles. The van der Waals surface area contributed by atoms with Crippen molar-refractivity contribution in [3.8, 4) is 33.4 Å². The second-order valence-electron chi connectivity index (χ2n) is 15.1. The van der Waals surface area contributed by atoms with E-state index in [1.807, 2.05) is 12.1 Å². The Bertz CT molecular complexity index is 2140. The summed E-state index contributed by atoms with van der Waals surface area (Å²) in [4.78, 5) is 14.0. The Labute approximate surface area is 295 Å². The predicted molar refractivity (Wildman–Crippen MR) is 210 cm³/mol. The highest BCUT2D eigenvalue weighted by Crippen LogP contribution is 2.39. The van der Waals surface area contributed by atoms with Crippen molar-refractivity contribution in [1.82, 2.24) is 0 Å². The number of hydrogen-bond donors (Lipinski definition) is 0. The lowest BCUT2D eigenvalue weighted by Crippen LogP contribution is -2.10. The molecule has 3 heteroatoms. The Morgan fingerprint density at radius 3 is 1.24 bits per heavy atom. The first kappa shape index (κ1) is 32.9. The van der Waals surface area contributed by atoms with Gasteiger partial charge in [-0.05, 0) is 110 Å². The molecule has 1 aromatic heterocycles. The molecule has 0 N–H and O–H groups in total. The maximum Gasteiger partial charge on any atom is 0.150 e. The van der Waals surface area contributed by atoms with Crippen LogP contribution in [0.15, 0.2) is 150 Å². The zero-order valence-corrected chi connectivity index (χ0v) is 29.7. The monoisotopic (exact) mass is 653 g/mol. The number of carbonyl (C=O) groups is 1. The van der Waals surface area contributed by atoms with E-state index in [4.69, 9.17) is 4.42 Å². The highest BCUT2D eigenvalue weighted by atomic mass is 16.3. The van der Waals surface area contributed by atoms with Crippen molar-refractivity contribution >= 4 is 34.3 Å². The normalized spacial score (nSPS) is 11.9. The molecule has 0 amide bonds. The topological polar surface area (TPSA) is 33.5 Å². The second-order valence-corrected chi connectivity index (χ2v) is 15.1. The van der Waals surface area contributed by atoms with Crippen molar-refractivity contribution in [2.45, 2.75) is 52.4 Å². The lowest BCUT2D eigenvalue weighted by Gasteiger charge is -2.26. The molecule has 248 valence electrons. The Balaban J connectivity index is 1.25. The number of anilines is 3. The SMILES string of the molecule is CC(C)(C)c1ccc(-c2ccc(N(c3ccc(-c4ccc(C(C)(C)C)cc4)cc3)c3ccc(-c4cc(C=O)cc5occc45)cc3)cc2)cc1. The third-order valence-corrected chi connectivity index (χ3v) is 9.59. The molecule has 3 nitrogen and oxygen atoms in total. The van der Waals surface area contributed by atoms with Crippen LogP contribution in [-0.2, 0) is 10.8 Å². The Morgan fingerprint density at radius 1 is 0.480 bits per heavy atom. The standard InChI is InChI=1S/C47H43NO2/c1-46(2,3)38-17-7-33(8-18-38)35-11-21-40(22-12-35)48(41-23-13-36(14-24-41)34-9-19-39(20-10-34)47(4,5)6)42-25-15-37(16-26-42)44-29-32(31-49)30-45-43(44)27-28-50-45/h7-31H,1-6H3. The first-order chi connectivity index (χ1) is 24.0. The minimum atomic E-state index is 0.117. The van der Waals surface area contributed by atoms with Crippen molar-refractivity contribution in [3.63, 3.8) is 0 Å². The van der Waals surface area contributed by atoms with Gasteiger partial charge < -0.3 is 9.32 Å². The summed E-state index contributed by atoms with van der Waals surface area (Å²) in [5.41, 5.74) is 14.1. The van der Waals surface area contributed by atoms with E-state index in [9.17, 15) is 4.79 Å². The molecule has 50 heavy (non-hydrogen) atoms. The summed E-state index contributed by atoms with van der Waals surface area (Å²) in [5.74, 6) is 0. The van der Waals surface area contributed by atoms with Crippen LogP contribution in [0.5, 0.6) is 0 Å². The number of fused-ring (bicyclic) bond motifs is 1. The molecule has 1 heterocycles. The molecule has 7 aromatic rings. The van der Waals surface area contributed by atoms with Crippen LogP contribution in [0.1, 0.15) is 63.0 Å². The smallest absolute Gasteiger partial charge is 0.150 e. The summed E-state index contributed by atoms with van der Waals surface area (Å²) in [6.45, 7) is 13.5. The molecule has 0 unspecified atom stereocenters. The number of hydrogen-bond acceptors (Lipinski definition) is 3. The molecule has 0 fully saturated rings. The van der Waals surface area contributed by atoms with Crippen LogP contribution in [0.4, 0.5) is 17.1 Å². The van der Waals surface area contributed by atoms with Gasteiger partial charge >= 0.3 is 0 Å². The van der Waals surface area contributed by atoms with Crippen molar-refractivity contribution in [2.75, 3.05) is 4.90 Å². The number of benzene rings is 6. The molecule has 7 rings (SSSR count). The third kappa shape index (κ3) is 6.64. The van der Waals surface area contributed by atoms with E-state index in [0.717, 1.165) is 39.9 Å². The molecular formula is C47H43NO2. The third-order valence-electron chi connectivity index (χ3n) is 9.59. The van der Waals surface area contributed by atoms with Crippen molar-refractivity contribution in [3.05, 3.63) is 162 Å². The predicted octanol–water partition coefficient (Wildman–Crippen LogP) is 13.3. The largest absolute Gasteiger partial charge is 0.464 e. The van der Waals surface area contributed by atoms with Crippen LogP contribution in [0.3, 0.4) is 0 Å². The van der Waals surface area contributed by atoms with Crippen molar-refractivity contribution in [2.24, 2.45) is 0 Å². The fourth-order valence-corrected chi connectivity index (χ4v) is 6.57. The van der Waals surface area contributed by atoms with Gasteiger partial charge in [-0.2, -0.15) is 0 Å². The number of nitrogens with zero attached hydrogens (tertiary/aromatic N) is 1. The molecule has 0 radical (unpaired) electrons. The number of furan rings is 1. The summed E-state index contributed by atoms with van der Waals surface area (Å²) in [7, 11) is 0. The minimum absolute atomic E-state index is 0.117. The first-order valence-corrected chi connectivity index (χ1v) is 17.3. The van der Waals surface area contributed by atoms with Crippen LogP contribution in [0, 0.1) is 0 Å². The fraction of sp³-hybridized carbons (Fsp3) is 0.170. The highest BCUT2D eigenvalue weighted by molar-refractivity contribution is 5.98. The quantitative estimate of drug-likeness (QED) is 0.161. The van der Waals surface area contributed by atoms with E-state index in [0.29, 0.717) is 11.1 Å². The van der Waals surface area contributed by atoms with Gasteiger partial charge in [-0.1, -0.05) is 126 Å².